The number of pyridine rings is 2. The van der Waals surface area contributed by atoms with Crippen molar-refractivity contribution < 1.29 is 14.7 Å². The van der Waals surface area contributed by atoms with Gasteiger partial charge in [0.05, 0.1) is 5.56 Å². The molecule has 0 saturated heterocycles. The van der Waals surface area contributed by atoms with Crippen molar-refractivity contribution in [2.24, 2.45) is 5.92 Å². The van der Waals surface area contributed by atoms with E-state index in [1.54, 1.807) is 12.4 Å². The summed E-state index contributed by atoms with van der Waals surface area (Å²) in [5, 5.41) is 11.8. The lowest BCUT2D eigenvalue weighted by molar-refractivity contribution is 0.0696. The molecule has 0 spiro atoms. The number of allylic oxidation sites excluding steroid dienone is 1. The number of aromatic nitrogens is 2. The summed E-state index contributed by atoms with van der Waals surface area (Å²) in [5.41, 5.74) is 3.63. The second-order valence-electron chi connectivity index (χ2n) is 6.43. The summed E-state index contributed by atoms with van der Waals surface area (Å²) in [6.07, 6.45) is 8.08. The van der Waals surface area contributed by atoms with E-state index in [1.165, 1.54) is 19.2 Å². The van der Waals surface area contributed by atoms with Gasteiger partial charge in [0.2, 0.25) is 0 Å². The molecule has 6 heteroatoms. The highest BCUT2D eigenvalue weighted by molar-refractivity contribution is 5.95. The van der Waals surface area contributed by atoms with E-state index in [-0.39, 0.29) is 11.3 Å². The molecule has 1 amide bonds. The van der Waals surface area contributed by atoms with Crippen LogP contribution in [0.1, 0.15) is 57.1 Å². The molecule has 6 nitrogen and oxygen atoms in total. The minimum absolute atomic E-state index is 0.0356. The number of carboxylic acids is 1. The van der Waals surface area contributed by atoms with Crippen molar-refractivity contribution in [1.29, 1.82) is 0 Å². The van der Waals surface area contributed by atoms with Crippen LogP contribution in [0.15, 0.2) is 30.6 Å². The molecule has 0 aliphatic carbocycles. The number of rotatable bonds is 6. The first kappa shape index (κ1) is 19.3. The first-order chi connectivity index (χ1) is 12.3. The number of hydrogen-bond donors (Lipinski definition) is 2. The third-order valence-corrected chi connectivity index (χ3v) is 3.87. The van der Waals surface area contributed by atoms with Crippen LogP contribution < -0.4 is 5.32 Å². The average Bonchev–Trinajstić information content (AvgIpc) is 2.60. The Hall–Kier alpha value is -3.02. The van der Waals surface area contributed by atoms with Gasteiger partial charge in [0, 0.05) is 31.6 Å². The summed E-state index contributed by atoms with van der Waals surface area (Å²) in [7, 11) is 1.48. The Kier molecular flexibility index (Phi) is 6.22. The second kappa shape index (κ2) is 8.38. The Bertz CT molecular complexity index is 857. The average molecular weight is 353 g/mol. The van der Waals surface area contributed by atoms with Crippen LogP contribution in [0.25, 0.3) is 6.08 Å². The maximum absolute atomic E-state index is 11.9. The van der Waals surface area contributed by atoms with E-state index in [0.29, 0.717) is 18.0 Å². The standard InChI is InChI=1S/C20H23N3O3/c1-12(2)5-6-17-13(3)10-22-11-15(17)8-16-7-14(20(25)26)9-18(23-16)19(24)21-4/h5-7,9-12H,8H2,1-4H3,(H,21,24)(H,25,26)/b6-5-. The van der Waals surface area contributed by atoms with Crippen LogP contribution in [0.3, 0.4) is 0 Å². The zero-order valence-electron chi connectivity index (χ0n) is 15.4. The Morgan fingerprint density at radius 1 is 1.27 bits per heavy atom. The SMILES string of the molecule is CNC(=O)c1cc(C(=O)O)cc(Cc2cncc(C)c2/C=C\C(C)C)n1. The highest BCUT2D eigenvalue weighted by Crippen LogP contribution is 2.20. The van der Waals surface area contributed by atoms with Gasteiger partial charge in [0.15, 0.2) is 0 Å². The zero-order chi connectivity index (χ0) is 19.3. The van der Waals surface area contributed by atoms with E-state index in [1.807, 2.05) is 6.92 Å². The predicted molar refractivity (Wildman–Crippen MR) is 100 cm³/mol. The van der Waals surface area contributed by atoms with E-state index in [9.17, 15) is 14.7 Å². The van der Waals surface area contributed by atoms with E-state index in [4.69, 9.17) is 0 Å². The summed E-state index contributed by atoms with van der Waals surface area (Å²) >= 11 is 0. The number of aromatic carboxylic acids is 1. The molecule has 0 unspecified atom stereocenters. The van der Waals surface area contributed by atoms with E-state index >= 15 is 0 Å². The molecular formula is C20H23N3O3. The Morgan fingerprint density at radius 3 is 2.62 bits per heavy atom. The van der Waals surface area contributed by atoms with Crippen LogP contribution >= 0.6 is 0 Å². The number of aryl methyl sites for hydroxylation is 1. The van der Waals surface area contributed by atoms with Crippen molar-refractivity contribution in [2.75, 3.05) is 7.05 Å². The number of nitrogens with one attached hydrogen (secondary N) is 1. The summed E-state index contributed by atoms with van der Waals surface area (Å²) in [6, 6.07) is 2.77. The monoisotopic (exact) mass is 353 g/mol. The summed E-state index contributed by atoms with van der Waals surface area (Å²) < 4.78 is 0. The fourth-order valence-corrected chi connectivity index (χ4v) is 2.54. The molecule has 0 atom stereocenters. The maximum Gasteiger partial charge on any atom is 0.335 e. The van der Waals surface area contributed by atoms with Gasteiger partial charge in [-0.2, -0.15) is 0 Å². The van der Waals surface area contributed by atoms with E-state index in [0.717, 1.165) is 16.7 Å². The van der Waals surface area contributed by atoms with E-state index in [2.05, 4.69) is 41.3 Å². The first-order valence-electron chi connectivity index (χ1n) is 8.39. The zero-order valence-corrected chi connectivity index (χ0v) is 15.4. The molecule has 0 radical (unpaired) electrons. The predicted octanol–water partition coefficient (Wildman–Crippen LogP) is 3.10. The summed E-state index contributed by atoms with van der Waals surface area (Å²) in [4.78, 5) is 31.8. The van der Waals surface area contributed by atoms with Gasteiger partial charge in [-0.1, -0.05) is 26.0 Å². The van der Waals surface area contributed by atoms with Crippen LogP contribution in [-0.2, 0) is 6.42 Å². The number of carboxylic acid groups (broad SMARTS) is 1. The quantitative estimate of drug-likeness (QED) is 0.832. The van der Waals surface area contributed by atoms with Crippen molar-refractivity contribution in [3.8, 4) is 0 Å². The molecule has 0 bridgehead atoms. The Balaban J connectivity index is 2.48. The van der Waals surface area contributed by atoms with Gasteiger partial charge in [-0.25, -0.2) is 9.78 Å². The topological polar surface area (TPSA) is 92.2 Å². The number of carbonyl (C=O) groups is 2. The molecule has 0 aliphatic rings. The molecule has 2 heterocycles. The molecule has 136 valence electrons. The van der Waals surface area contributed by atoms with Gasteiger partial charge in [0.1, 0.15) is 5.69 Å². The van der Waals surface area contributed by atoms with Gasteiger partial charge in [-0.15, -0.1) is 0 Å². The number of hydrogen-bond acceptors (Lipinski definition) is 4. The van der Waals surface area contributed by atoms with Crippen LogP contribution in [0.2, 0.25) is 0 Å². The fraction of sp³-hybridized carbons (Fsp3) is 0.300. The van der Waals surface area contributed by atoms with Crippen LogP contribution in [-0.4, -0.2) is 34.0 Å². The van der Waals surface area contributed by atoms with Crippen molar-refractivity contribution in [3.05, 3.63) is 64.2 Å². The molecule has 0 fully saturated rings. The fourth-order valence-electron chi connectivity index (χ4n) is 2.54. The lowest BCUT2D eigenvalue weighted by Crippen LogP contribution is -2.20. The van der Waals surface area contributed by atoms with E-state index < -0.39 is 11.9 Å². The summed E-state index contributed by atoms with van der Waals surface area (Å²) in [6.45, 7) is 6.17. The third kappa shape index (κ3) is 4.75. The lowest BCUT2D eigenvalue weighted by atomic mass is 9.99. The van der Waals surface area contributed by atoms with Gasteiger partial charge in [-0.3, -0.25) is 9.78 Å². The van der Waals surface area contributed by atoms with Gasteiger partial charge in [-0.05, 0) is 41.7 Å². The van der Waals surface area contributed by atoms with Crippen molar-refractivity contribution >= 4 is 18.0 Å². The molecule has 2 N–H and O–H groups in total. The van der Waals surface area contributed by atoms with Crippen molar-refractivity contribution in [1.82, 2.24) is 15.3 Å². The van der Waals surface area contributed by atoms with Crippen LogP contribution in [0.4, 0.5) is 0 Å². The lowest BCUT2D eigenvalue weighted by Gasteiger charge is -2.11. The minimum atomic E-state index is -1.10. The van der Waals surface area contributed by atoms with Gasteiger partial charge >= 0.3 is 5.97 Å². The Morgan fingerprint density at radius 2 is 2.00 bits per heavy atom. The Labute approximate surface area is 153 Å². The second-order valence-corrected chi connectivity index (χ2v) is 6.43. The molecule has 0 aromatic carbocycles. The van der Waals surface area contributed by atoms with Gasteiger partial charge < -0.3 is 10.4 Å². The molecule has 26 heavy (non-hydrogen) atoms. The van der Waals surface area contributed by atoms with Crippen molar-refractivity contribution in [3.63, 3.8) is 0 Å². The van der Waals surface area contributed by atoms with Gasteiger partial charge in [0.25, 0.3) is 5.91 Å². The highest BCUT2D eigenvalue weighted by atomic mass is 16.4. The summed E-state index contributed by atoms with van der Waals surface area (Å²) in [5.74, 6) is -1.11. The number of amides is 1. The minimum Gasteiger partial charge on any atom is -0.478 e. The normalized spacial score (nSPS) is 11.1. The molecule has 0 aliphatic heterocycles. The number of nitrogens with zero attached hydrogens (tertiary/aromatic N) is 2. The molecular weight excluding hydrogens is 330 g/mol. The highest BCUT2D eigenvalue weighted by Gasteiger charge is 2.14. The van der Waals surface area contributed by atoms with Crippen LogP contribution in [0, 0.1) is 12.8 Å². The van der Waals surface area contributed by atoms with Crippen molar-refractivity contribution in [2.45, 2.75) is 27.2 Å². The first-order valence-corrected chi connectivity index (χ1v) is 8.39. The van der Waals surface area contributed by atoms with Crippen LogP contribution in [0.5, 0.6) is 0 Å². The molecule has 2 aromatic heterocycles. The maximum atomic E-state index is 11.9. The smallest absolute Gasteiger partial charge is 0.335 e. The largest absolute Gasteiger partial charge is 0.478 e. The number of carbonyl (C=O) groups excluding carboxylic acids is 1. The molecule has 2 aromatic rings. The molecule has 0 saturated carbocycles. The molecule has 2 rings (SSSR count). The third-order valence-electron chi connectivity index (χ3n) is 3.87.